The first-order valence-electron chi connectivity index (χ1n) is 6.34. The predicted molar refractivity (Wildman–Crippen MR) is 69.3 cm³/mol. The molecule has 1 aliphatic rings. The number of pyridine rings is 1. The highest BCUT2D eigenvalue weighted by atomic mass is 16.2. The van der Waals surface area contributed by atoms with E-state index in [2.05, 4.69) is 11.9 Å². The summed E-state index contributed by atoms with van der Waals surface area (Å²) in [5.41, 5.74) is 5.85. The molecule has 5 nitrogen and oxygen atoms in total. The molecule has 98 valence electrons. The number of likely N-dealkylation sites (tertiary alicyclic amines) is 1. The summed E-state index contributed by atoms with van der Waals surface area (Å²) in [6.07, 6.45) is 2.08. The van der Waals surface area contributed by atoms with E-state index >= 15 is 0 Å². The lowest BCUT2D eigenvalue weighted by Gasteiger charge is -2.39. The van der Waals surface area contributed by atoms with Crippen molar-refractivity contribution in [3.8, 4) is 0 Å². The molecule has 1 aromatic heterocycles. The van der Waals surface area contributed by atoms with Gasteiger partial charge in [0.05, 0.1) is 0 Å². The highest BCUT2D eigenvalue weighted by Crippen LogP contribution is 2.23. The van der Waals surface area contributed by atoms with E-state index in [4.69, 9.17) is 5.73 Å². The van der Waals surface area contributed by atoms with Crippen LogP contribution in [0.25, 0.3) is 0 Å². The van der Waals surface area contributed by atoms with Gasteiger partial charge in [-0.05, 0) is 24.8 Å². The van der Waals surface area contributed by atoms with Gasteiger partial charge in [-0.1, -0.05) is 13.0 Å². The molecule has 0 bridgehead atoms. The molecular weight excluding hydrogens is 230 g/mol. The Morgan fingerprint density at radius 1 is 1.56 bits per heavy atom. The Morgan fingerprint density at radius 3 is 3.00 bits per heavy atom. The molecule has 0 spiro atoms. The lowest BCUT2D eigenvalue weighted by molar-refractivity contribution is 0.0526. The van der Waals surface area contributed by atoms with Gasteiger partial charge >= 0.3 is 0 Å². The van der Waals surface area contributed by atoms with Crippen LogP contribution in [0.1, 0.15) is 30.3 Å². The highest BCUT2D eigenvalue weighted by Gasteiger charge is 2.31. The monoisotopic (exact) mass is 249 g/mol. The van der Waals surface area contributed by atoms with Crippen LogP contribution in [0.2, 0.25) is 0 Å². The Kier molecular flexibility index (Phi) is 3.81. The summed E-state index contributed by atoms with van der Waals surface area (Å²) in [6, 6.07) is 4.69. The number of amides is 1. The minimum absolute atomic E-state index is 0.0648. The van der Waals surface area contributed by atoms with Gasteiger partial charge in [0.25, 0.3) is 5.91 Å². The zero-order valence-corrected chi connectivity index (χ0v) is 10.6. The molecule has 5 heteroatoms. The number of hydrogen-bond donors (Lipinski definition) is 2. The smallest absolute Gasteiger partial charge is 0.270 e. The van der Waals surface area contributed by atoms with Crippen molar-refractivity contribution < 1.29 is 4.79 Å². The summed E-state index contributed by atoms with van der Waals surface area (Å²) < 4.78 is 0. The number of H-pyrrole nitrogens is 1. The fourth-order valence-corrected chi connectivity index (χ4v) is 2.59. The zero-order chi connectivity index (χ0) is 13.1. The lowest BCUT2D eigenvalue weighted by Crippen LogP contribution is -2.51. The van der Waals surface area contributed by atoms with Crippen molar-refractivity contribution in [2.24, 2.45) is 11.7 Å². The molecule has 0 aliphatic carbocycles. The maximum atomic E-state index is 12.4. The van der Waals surface area contributed by atoms with Crippen molar-refractivity contribution in [2.75, 3.05) is 13.1 Å². The Hall–Kier alpha value is -1.62. The number of aromatic amines is 1. The van der Waals surface area contributed by atoms with E-state index in [1.54, 1.807) is 17.0 Å². The second-order valence-corrected chi connectivity index (χ2v) is 4.85. The third-order valence-electron chi connectivity index (χ3n) is 3.62. The fourth-order valence-electron chi connectivity index (χ4n) is 2.59. The molecular formula is C13H19N3O2. The molecule has 1 fully saturated rings. The number of carbonyl (C=O) groups is 1. The van der Waals surface area contributed by atoms with E-state index in [1.165, 1.54) is 6.07 Å². The molecule has 3 N–H and O–H groups in total. The fraction of sp³-hybridized carbons (Fsp3) is 0.538. The molecule has 2 atom stereocenters. The van der Waals surface area contributed by atoms with E-state index in [-0.39, 0.29) is 17.5 Å². The molecule has 1 aliphatic heterocycles. The van der Waals surface area contributed by atoms with Crippen LogP contribution in [0.15, 0.2) is 23.0 Å². The first kappa shape index (κ1) is 12.8. The van der Waals surface area contributed by atoms with Crippen LogP contribution in [0, 0.1) is 5.92 Å². The molecule has 1 amide bonds. The van der Waals surface area contributed by atoms with Gasteiger partial charge in [0.1, 0.15) is 5.69 Å². The van der Waals surface area contributed by atoms with Crippen LogP contribution in [0.4, 0.5) is 0 Å². The molecule has 0 saturated carbocycles. The first-order valence-corrected chi connectivity index (χ1v) is 6.34. The number of nitrogens with two attached hydrogens (primary N) is 1. The minimum Gasteiger partial charge on any atom is -0.333 e. The van der Waals surface area contributed by atoms with Crippen molar-refractivity contribution >= 4 is 5.91 Å². The van der Waals surface area contributed by atoms with Gasteiger partial charge in [-0.15, -0.1) is 0 Å². The Morgan fingerprint density at radius 2 is 2.33 bits per heavy atom. The second-order valence-electron chi connectivity index (χ2n) is 4.85. The van der Waals surface area contributed by atoms with Crippen LogP contribution in [-0.4, -0.2) is 34.9 Å². The number of nitrogens with zero attached hydrogens (tertiary/aromatic N) is 1. The average molecular weight is 249 g/mol. The molecule has 1 aromatic rings. The molecule has 0 radical (unpaired) electrons. The maximum absolute atomic E-state index is 12.4. The minimum atomic E-state index is -0.254. The summed E-state index contributed by atoms with van der Waals surface area (Å²) in [7, 11) is 0. The summed E-state index contributed by atoms with van der Waals surface area (Å²) in [5, 5.41) is 0. The van der Waals surface area contributed by atoms with Crippen LogP contribution in [0.5, 0.6) is 0 Å². The number of piperidine rings is 1. The van der Waals surface area contributed by atoms with Crippen LogP contribution < -0.4 is 11.3 Å². The Bertz CT molecular complexity index is 483. The third kappa shape index (κ3) is 2.46. The van der Waals surface area contributed by atoms with E-state index in [9.17, 15) is 9.59 Å². The van der Waals surface area contributed by atoms with Gasteiger partial charge in [-0.3, -0.25) is 9.59 Å². The second kappa shape index (κ2) is 5.35. The van der Waals surface area contributed by atoms with Gasteiger partial charge in [0, 0.05) is 25.2 Å². The van der Waals surface area contributed by atoms with E-state index in [0.29, 0.717) is 24.7 Å². The highest BCUT2D eigenvalue weighted by molar-refractivity contribution is 5.92. The third-order valence-corrected chi connectivity index (χ3v) is 3.62. The van der Waals surface area contributed by atoms with Crippen molar-refractivity contribution in [1.82, 2.24) is 9.88 Å². The SMILES string of the molecule is CC1CCCN(C(=O)c2cccc(=O)[nH]2)C1CN. The van der Waals surface area contributed by atoms with Crippen LogP contribution >= 0.6 is 0 Å². The Labute approximate surface area is 106 Å². The zero-order valence-electron chi connectivity index (χ0n) is 10.6. The van der Waals surface area contributed by atoms with Crippen molar-refractivity contribution in [1.29, 1.82) is 0 Å². The van der Waals surface area contributed by atoms with E-state index in [1.807, 2.05) is 0 Å². The first-order chi connectivity index (χ1) is 8.63. The topological polar surface area (TPSA) is 79.2 Å². The quantitative estimate of drug-likeness (QED) is 0.804. The molecule has 0 aromatic carbocycles. The van der Waals surface area contributed by atoms with Crippen molar-refractivity contribution in [3.63, 3.8) is 0 Å². The lowest BCUT2D eigenvalue weighted by atomic mass is 9.90. The number of rotatable bonds is 2. The summed E-state index contributed by atoms with van der Waals surface area (Å²) in [5.74, 6) is 0.276. The largest absolute Gasteiger partial charge is 0.333 e. The van der Waals surface area contributed by atoms with Crippen molar-refractivity contribution in [2.45, 2.75) is 25.8 Å². The van der Waals surface area contributed by atoms with Gasteiger partial charge in [-0.25, -0.2) is 0 Å². The summed E-state index contributed by atoms with van der Waals surface area (Å²) in [4.78, 5) is 28.0. The van der Waals surface area contributed by atoms with Gasteiger partial charge in [0.15, 0.2) is 0 Å². The summed E-state index contributed by atoms with van der Waals surface area (Å²) >= 11 is 0. The van der Waals surface area contributed by atoms with Gasteiger partial charge in [-0.2, -0.15) is 0 Å². The van der Waals surface area contributed by atoms with Crippen LogP contribution in [0.3, 0.4) is 0 Å². The predicted octanol–water partition coefficient (Wildman–Crippen LogP) is 0.574. The number of hydrogen-bond acceptors (Lipinski definition) is 3. The van der Waals surface area contributed by atoms with Gasteiger partial charge < -0.3 is 15.6 Å². The Balaban J connectivity index is 2.24. The maximum Gasteiger partial charge on any atom is 0.270 e. The molecule has 18 heavy (non-hydrogen) atoms. The number of aromatic nitrogens is 1. The van der Waals surface area contributed by atoms with Crippen LogP contribution in [-0.2, 0) is 0 Å². The molecule has 2 unspecified atom stereocenters. The molecule has 2 heterocycles. The van der Waals surface area contributed by atoms with E-state index in [0.717, 1.165) is 12.8 Å². The van der Waals surface area contributed by atoms with E-state index < -0.39 is 0 Å². The van der Waals surface area contributed by atoms with Crippen molar-refractivity contribution in [3.05, 3.63) is 34.2 Å². The van der Waals surface area contributed by atoms with Gasteiger partial charge in [0.2, 0.25) is 5.56 Å². The normalized spacial score (nSPS) is 24.0. The molecule has 2 rings (SSSR count). The average Bonchev–Trinajstić information content (AvgIpc) is 2.37. The standard InChI is InChI=1S/C13H19N3O2/c1-9-4-3-7-16(11(9)8-14)13(18)10-5-2-6-12(17)15-10/h2,5-6,9,11H,3-4,7-8,14H2,1H3,(H,15,17). The number of nitrogens with one attached hydrogen (secondary N) is 1. The number of carbonyl (C=O) groups excluding carboxylic acids is 1. The molecule has 1 saturated heterocycles. The summed E-state index contributed by atoms with van der Waals surface area (Å²) in [6.45, 7) is 3.29.